The van der Waals surface area contributed by atoms with Crippen LogP contribution in [0, 0.1) is 5.92 Å². The van der Waals surface area contributed by atoms with Crippen LogP contribution < -0.4 is 15.2 Å². The summed E-state index contributed by atoms with van der Waals surface area (Å²) in [4.78, 5) is 0.142. The first-order chi connectivity index (χ1) is 10.0. The molecule has 0 atom stereocenters. The van der Waals surface area contributed by atoms with Gasteiger partial charge in [-0.05, 0) is 24.5 Å². The Balaban J connectivity index is 1.98. The molecule has 5 nitrogen and oxygen atoms in total. The van der Waals surface area contributed by atoms with Crippen LogP contribution in [0.15, 0.2) is 23.1 Å². The van der Waals surface area contributed by atoms with Gasteiger partial charge in [0, 0.05) is 18.3 Å². The molecule has 0 aliphatic heterocycles. The molecule has 3 N–H and O–H groups in total. The molecule has 0 amide bonds. The van der Waals surface area contributed by atoms with E-state index >= 15 is 0 Å². The molecule has 1 aliphatic carbocycles. The molecular formula is C15H24N2O3S. The summed E-state index contributed by atoms with van der Waals surface area (Å²) in [5, 5.41) is 0. The number of sulfonamides is 1. The van der Waals surface area contributed by atoms with Crippen LogP contribution in [0.4, 0.5) is 5.69 Å². The van der Waals surface area contributed by atoms with Crippen molar-refractivity contribution in [2.45, 2.75) is 43.4 Å². The van der Waals surface area contributed by atoms with Gasteiger partial charge in [0.25, 0.3) is 0 Å². The largest absolute Gasteiger partial charge is 0.495 e. The minimum absolute atomic E-state index is 0.142. The summed E-state index contributed by atoms with van der Waals surface area (Å²) in [6.07, 6.45) is 7.17. The molecule has 1 aromatic carbocycles. The summed E-state index contributed by atoms with van der Waals surface area (Å²) in [7, 11) is -2.11. The van der Waals surface area contributed by atoms with Crippen LogP contribution in [-0.2, 0) is 10.0 Å². The van der Waals surface area contributed by atoms with E-state index in [4.69, 9.17) is 10.5 Å². The van der Waals surface area contributed by atoms with Crippen molar-refractivity contribution in [3.8, 4) is 5.75 Å². The third-order valence-electron chi connectivity index (χ3n) is 4.05. The number of anilines is 1. The smallest absolute Gasteiger partial charge is 0.244 e. The highest BCUT2D eigenvalue weighted by Gasteiger charge is 2.20. The second kappa shape index (κ2) is 7.13. The molecule has 1 aromatic rings. The Morgan fingerprint density at radius 1 is 1.29 bits per heavy atom. The Kier molecular flexibility index (Phi) is 5.47. The van der Waals surface area contributed by atoms with Crippen molar-refractivity contribution in [2.24, 2.45) is 5.92 Å². The summed E-state index contributed by atoms with van der Waals surface area (Å²) < 4.78 is 32.4. The molecule has 1 aliphatic rings. The Bertz CT molecular complexity index is 566. The van der Waals surface area contributed by atoms with E-state index in [1.807, 2.05) is 0 Å². The van der Waals surface area contributed by atoms with Crippen molar-refractivity contribution in [1.82, 2.24) is 4.72 Å². The molecule has 0 radical (unpaired) electrons. The highest BCUT2D eigenvalue weighted by molar-refractivity contribution is 7.89. The predicted molar refractivity (Wildman–Crippen MR) is 83.8 cm³/mol. The van der Waals surface area contributed by atoms with Gasteiger partial charge in [-0.25, -0.2) is 13.1 Å². The zero-order chi connectivity index (χ0) is 15.3. The maximum atomic E-state index is 12.3. The van der Waals surface area contributed by atoms with Crippen molar-refractivity contribution >= 4 is 15.7 Å². The van der Waals surface area contributed by atoms with Gasteiger partial charge < -0.3 is 10.5 Å². The van der Waals surface area contributed by atoms with E-state index in [-0.39, 0.29) is 10.6 Å². The van der Waals surface area contributed by atoms with Crippen molar-refractivity contribution in [3.05, 3.63) is 18.2 Å². The van der Waals surface area contributed by atoms with Crippen LogP contribution in [0.1, 0.15) is 38.5 Å². The van der Waals surface area contributed by atoms with Crippen LogP contribution in [0.25, 0.3) is 0 Å². The summed E-state index contributed by atoms with van der Waals surface area (Å²) in [6, 6.07) is 4.57. The van der Waals surface area contributed by atoms with Crippen LogP contribution in [-0.4, -0.2) is 22.1 Å². The first kappa shape index (κ1) is 16.1. The summed E-state index contributed by atoms with van der Waals surface area (Å²) in [6.45, 7) is 0.473. The van der Waals surface area contributed by atoms with Crippen LogP contribution in [0.5, 0.6) is 5.75 Å². The van der Waals surface area contributed by atoms with Crippen LogP contribution in [0.2, 0.25) is 0 Å². The maximum absolute atomic E-state index is 12.3. The number of hydrogen-bond donors (Lipinski definition) is 2. The third-order valence-corrected chi connectivity index (χ3v) is 5.55. The van der Waals surface area contributed by atoms with Gasteiger partial charge >= 0.3 is 0 Å². The lowest BCUT2D eigenvalue weighted by molar-refractivity contribution is 0.339. The highest BCUT2D eigenvalue weighted by atomic mass is 32.2. The fraction of sp³-hybridized carbons (Fsp3) is 0.600. The fourth-order valence-electron chi connectivity index (χ4n) is 2.86. The van der Waals surface area contributed by atoms with Gasteiger partial charge in [0.05, 0.1) is 7.11 Å². The Morgan fingerprint density at radius 2 is 2.00 bits per heavy atom. The SMILES string of the molecule is COc1cc(N)ccc1S(=O)(=O)NCCC1CCCCC1. The van der Waals surface area contributed by atoms with E-state index in [9.17, 15) is 8.42 Å². The lowest BCUT2D eigenvalue weighted by atomic mass is 9.87. The van der Waals surface area contributed by atoms with Crippen LogP contribution >= 0.6 is 0 Å². The zero-order valence-corrected chi connectivity index (χ0v) is 13.3. The maximum Gasteiger partial charge on any atom is 0.244 e. The van der Waals surface area contributed by atoms with Gasteiger partial charge in [0.1, 0.15) is 10.6 Å². The standard InChI is InChI=1S/C15H24N2O3S/c1-20-14-11-13(16)7-8-15(14)21(18,19)17-10-9-12-5-3-2-4-6-12/h7-8,11-12,17H,2-6,9-10,16H2,1H3. The molecule has 0 aromatic heterocycles. The number of methoxy groups -OCH3 is 1. The Labute approximate surface area is 126 Å². The molecule has 0 heterocycles. The third kappa shape index (κ3) is 4.35. The van der Waals surface area contributed by atoms with Gasteiger partial charge in [0.2, 0.25) is 10.0 Å². The van der Waals surface area contributed by atoms with E-state index in [2.05, 4.69) is 4.72 Å². The number of hydrogen-bond acceptors (Lipinski definition) is 4. The number of ether oxygens (including phenoxy) is 1. The van der Waals surface area contributed by atoms with E-state index < -0.39 is 10.0 Å². The molecule has 0 unspecified atom stereocenters. The molecule has 6 heteroatoms. The van der Waals surface area contributed by atoms with Gasteiger partial charge in [-0.3, -0.25) is 0 Å². The lowest BCUT2D eigenvalue weighted by Crippen LogP contribution is -2.27. The highest BCUT2D eigenvalue weighted by Crippen LogP contribution is 2.27. The number of rotatable bonds is 6. The predicted octanol–water partition coefficient (Wildman–Crippen LogP) is 2.53. The molecule has 0 saturated heterocycles. The van der Waals surface area contributed by atoms with E-state index in [1.165, 1.54) is 51.3 Å². The fourth-order valence-corrected chi connectivity index (χ4v) is 4.05. The van der Waals surface area contributed by atoms with E-state index in [0.717, 1.165) is 6.42 Å². The Hall–Kier alpha value is -1.27. The number of nitrogen functional groups attached to an aromatic ring is 1. The molecule has 1 saturated carbocycles. The van der Waals surface area contributed by atoms with Gasteiger partial charge in [0.15, 0.2) is 0 Å². The summed E-state index contributed by atoms with van der Waals surface area (Å²) >= 11 is 0. The molecule has 0 bridgehead atoms. The average molecular weight is 312 g/mol. The molecule has 21 heavy (non-hydrogen) atoms. The van der Waals surface area contributed by atoms with Crippen LogP contribution in [0.3, 0.4) is 0 Å². The normalized spacial score (nSPS) is 16.8. The average Bonchev–Trinajstić information content (AvgIpc) is 2.47. The van der Waals surface area contributed by atoms with Gasteiger partial charge in [-0.15, -0.1) is 0 Å². The minimum Gasteiger partial charge on any atom is -0.495 e. The number of nitrogens with one attached hydrogen (secondary N) is 1. The van der Waals surface area contributed by atoms with Crippen molar-refractivity contribution in [3.63, 3.8) is 0 Å². The molecule has 0 spiro atoms. The molecule has 118 valence electrons. The summed E-state index contributed by atoms with van der Waals surface area (Å²) in [5.74, 6) is 0.926. The molecular weight excluding hydrogens is 288 g/mol. The van der Waals surface area contributed by atoms with Gasteiger partial charge in [-0.1, -0.05) is 32.1 Å². The molecule has 2 rings (SSSR count). The van der Waals surface area contributed by atoms with Crippen molar-refractivity contribution in [1.29, 1.82) is 0 Å². The second-order valence-corrected chi connectivity index (χ2v) is 7.34. The topological polar surface area (TPSA) is 81.4 Å². The minimum atomic E-state index is -3.55. The Morgan fingerprint density at radius 3 is 2.67 bits per heavy atom. The zero-order valence-electron chi connectivity index (χ0n) is 12.5. The van der Waals surface area contributed by atoms with E-state index in [0.29, 0.717) is 18.2 Å². The first-order valence-corrected chi connectivity index (χ1v) is 8.94. The van der Waals surface area contributed by atoms with Crippen molar-refractivity contribution < 1.29 is 13.2 Å². The molecule has 1 fully saturated rings. The first-order valence-electron chi connectivity index (χ1n) is 7.46. The number of benzene rings is 1. The second-order valence-electron chi connectivity index (χ2n) is 5.60. The van der Waals surface area contributed by atoms with Crippen molar-refractivity contribution in [2.75, 3.05) is 19.4 Å². The quantitative estimate of drug-likeness (QED) is 0.791. The number of nitrogens with two attached hydrogens (primary N) is 1. The van der Waals surface area contributed by atoms with Gasteiger partial charge in [-0.2, -0.15) is 0 Å². The van der Waals surface area contributed by atoms with E-state index in [1.54, 1.807) is 6.07 Å². The monoisotopic (exact) mass is 312 g/mol. The summed E-state index contributed by atoms with van der Waals surface area (Å²) in [5.41, 5.74) is 6.13. The lowest BCUT2D eigenvalue weighted by Gasteiger charge is -2.21.